The van der Waals surface area contributed by atoms with E-state index in [1.165, 1.54) is 4.90 Å². The van der Waals surface area contributed by atoms with Gasteiger partial charge in [0.1, 0.15) is 0 Å². The van der Waals surface area contributed by atoms with E-state index in [1.807, 2.05) is 12.1 Å². The quantitative estimate of drug-likeness (QED) is 0.716. The van der Waals surface area contributed by atoms with Gasteiger partial charge in [-0.2, -0.15) is 0 Å². The molecule has 18 heavy (non-hydrogen) atoms. The van der Waals surface area contributed by atoms with Crippen molar-refractivity contribution in [3.63, 3.8) is 0 Å². The summed E-state index contributed by atoms with van der Waals surface area (Å²) in [5.74, 6) is -0.429. The third kappa shape index (κ3) is 1.98. The van der Waals surface area contributed by atoms with Crippen molar-refractivity contribution in [1.29, 1.82) is 0 Å². The van der Waals surface area contributed by atoms with E-state index in [2.05, 4.69) is 0 Å². The smallest absolute Gasteiger partial charge is 0.313 e. The summed E-state index contributed by atoms with van der Waals surface area (Å²) in [5, 5.41) is 0. The van der Waals surface area contributed by atoms with Gasteiger partial charge in [0.2, 0.25) is 6.23 Å². The van der Waals surface area contributed by atoms with Gasteiger partial charge in [0, 0.05) is 18.2 Å². The van der Waals surface area contributed by atoms with Crippen molar-refractivity contribution >= 4 is 11.9 Å². The van der Waals surface area contributed by atoms with Gasteiger partial charge in [-0.1, -0.05) is 18.2 Å². The number of carbonyl (C=O) groups excluding carboxylic acids is 2. The fourth-order valence-electron chi connectivity index (χ4n) is 1.83. The van der Waals surface area contributed by atoms with Crippen molar-refractivity contribution in [1.82, 2.24) is 4.90 Å². The van der Waals surface area contributed by atoms with E-state index in [1.54, 1.807) is 40.0 Å². The van der Waals surface area contributed by atoms with Gasteiger partial charge in [-0.25, -0.2) is 0 Å². The largest absolute Gasteiger partial charge is 0.437 e. The van der Waals surface area contributed by atoms with Gasteiger partial charge < -0.3 is 9.64 Å². The molecule has 0 spiro atoms. The number of ether oxygens (including phenoxy) is 1. The molecular formula is C14H17NO3. The lowest BCUT2D eigenvalue weighted by atomic mass is 9.97. The molecule has 0 radical (unpaired) electrons. The molecular weight excluding hydrogens is 230 g/mol. The Morgan fingerprint density at radius 1 is 1.28 bits per heavy atom. The molecule has 0 aromatic heterocycles. The van der Waals surface area contributed by atoms with Crippen LogP contribution < -0.4 is 0 Å². The second-order valence-corrected chi connectivity index (χ2v) is 5.51. The highest BCUT2D eigenvalue weighted by Crippen LogP contribution is 2.34. The summed E-state index contributed by atoms with van der Waals surface area (Å²) in [4.78, 5) is 25.3. The van der Waals surface area contributed by atoms with Crippen LogP contribution in [0.2, 0.25) is 0 Å². The van der Waals surface area contributed by atoms with Crippen LogP contribution >= 0.6 is 0 Å². The van der Waals surface area contributed by atoms with Crippen LogP contribution in [0.25, 0.3) is 0 Å². The number of hydrogen-bond acceptors (Lipinski definition) is 3. The molecule has 1 aliphatic heterocycles. The number of fused-ring (bicyclic) bond motifs is 1. The highest BCUT2D eigenvalue weighted by molar-refractivity contribution is 5.99. The first-order valence-electron chi connectivity index (χ1n) is 5.89. The molecule has 0 N–H and O–H groups in total. The maximum Gasteiger partial charge on any atom is 0.313 e. The third-order valence-electron chi connectivity index (χ3n) is 2.96. The van der Waals surface area contributed by atoms with Gasteiger partial charge in [-0.3, -0.25) is 9.59 Å². The number of carbonyl (C=O) groups is 2. The number of amides is 1. The summed E-state index contributed by atoms with van der Waals surface area (Å²) in [5.41, 5.74) is 0.774. The van der Waals surface area contributed by atoms with E-state index in [0.717, 1.165) is 5.56 Å². The zero-order chi connectivity index (χ0) is 13.5. The summed E-state index contributed by atoms with van der Waals surface area (Å²) in [6.45, 7) is 5.37. The topological polar surface area (TPSA) is 46.6 Å². The number of esters is 1. The standard InChI is InChI=1S/C14H17NO3/c1-14(2,3)13(17)18-12-10-8-6-5-7-9(10)11(16)15(12)4/h5-8,12H,1-4H3/t12-/m1/s1. The van der Waals surface area contributed by atoms with Gasteiger partial charge in [0.05, 0.1) is 5.41 Å². The average Bonchev–Trinajstić information content (AvgIpc) is 2.54. The van der Waals surface area contributed by atoms with Crippen molar-refractivity contribution < 1.29 is 14.3 Å². The maximum absolute atomic E-state index is 12.0. The molecule has 1 aliphatic rings. The van der Waals surface area contributed by atoms with Crippen LogP contribution in [-0.4, -0.2) is 23.8 Å². The first-order chi connectivity index (χ1) is 8.32. The molecule has 1 heterocycles. The molecule has 0 unspecified atom stereocenters. The van der Waals surface area contributed by atoms with Crippen LogP contribution in [0.3, 0.4) is 0 Å². The summed E-state index contributed by atoms with van der Waals surface area (Å²) in [6, 6.07) is 7.21. The van der Waals surface area contributed by atoms with E-state index >= 15 is 0 Å². The molecule has 96 valence electrons. The monoisotopic (exact) mass is 247 g/mol. The first kappa shape index (κ1) is 12.6. The van der Waals surface area contributed by atoms with Gasteiger partial charge >= 0.3 is 5.97 Å². The minimum Gasteiger partial charge on any atom is -0.437 e. The lowest BCUT2D eigenvalue weighted by Crippen LogP contribution is -2.31. The minimum atomic E-state index is -0.611. The molecule has 1 atom stereocenters. The fraction of sp³-hybridized carbons (Fsp3) is 0.429. The number of nitrogens with zero attached hydrogens (tertiary/aromatic N) is 1. The first-order valence-corrected chi connectivity index (χ1v) is 5.89. The van der Waals surface area contributed by atoms with Crippen LogP contribution in [0.15, 0.2) is 24.3 Å². The van der Waals surface area contributed by atoms with Crippen molar-refractivity contribution in [3.05, 3.63) is 35.4 Å². The summed E-state index contributed by atoms with van der Waals surface area (Å²) >= 11 is 0. The lowest BCUT2D eigenvalue weighted by Gasteiger charge is -2.25. The zero-order valence-corrected chi connectivity index (χ0v) is 11.1. The highest BCUT2D eigenvalue weighted by Gasteiger charge is 2.38. The van der Waals surface area contributed by atoms with E-state index in [-0.39, 0.29) is 11.9 Å². The normalized spacial score (nSPS) is 18.8. The molecule has 2 rings (SSSR count). The van der Waals surface area contributed by atoms with Crippen LogP contribution in [-0.2, 0) is 9.53 Å². The lowest BCUT2D eigenvalue weighted by molar-refractivity contribution is -0.165. The van der Waals surface area contributed by atoms with Crippen LogP contribution in [0.1, 0.15) is 42.9 Å². The molecule has 1 aromatic carbocycles. The maximum atomic E-state index is 12.0. The molecule has 4 nitrogen and oxygen atoms in total. The Hall–Kier alpha value is -1.84. The SMILES string of the molecule is CN1C(=O)c2ccccc2[C@H]1OC(=O)C(C)(C)C. The number of benzene rings is 1. The Labute approximate surface area is 107 Å². The van der Waals surface area contributed by atoms with Crippen molar-refractivity contribution in [3.8, 4) is 0 Å². The average molecular weight is 247 g/mol. The summed E-state index contributed by atoms with van der Waals surface area (Å²) in [6.07, 6.45) is -0.611. The second kappa shape index (κ2) is 4.12. The van der Waals surface area contributed by atoms with Crippen molar-refractivity contribution in [2.24, 2.45) is 5.41 Å². The summed E-state index contributed by atoms with van der Waals surface area (Å²) in [7, 11) is 1.64. The van der Waals surface area contributed by atoms with Crippen molar-refractivity contribution in [2.45, 2.75) is 27.0 Å². The second-order valence-electron chi connectivity index (χ2n) is 5.51. The van der Waals surface area contributed by atoms with Crippen LogP contribution in [0.4, 0.5) is 0 Å². The number of hydrogen-bond donors (Lipinski definition) is 0. The highest BCUT2D eigenvalue weighted by atomic mass is 16.6. The Morgan fingerprint density at radius 2 is 1.89 bits per heavy atom. The van der Waals surface area contributed by atoms with Crippen LogP contribution in [0, 0.1) is 5.41 Å². The molecule has 1 aromatic rings. The Bertz CT molecular complexity index is 502. The van der Waals surface area contributed by atoms with Gasteiger partial charge in [-0.05, 0) is 26.8 Å². The molecule has 0 fully saturated rings. The van der Waals surface area contributed by atoms with E-state index in [0.29, 0.717) is 5.56 Å². The fourth-order valence-corrected chi connectivity index (χ4v) is 1.83. The molecule has 0 bridgehead atoms. The molecule has 4 heteroatoms. The van der Waals surface area contributed by atoms with E-state index < -0.39 is 11.6 Å². The summed E-state index contributed by atoms with van der Waals surface area (Å²) < 4.78 is 5.45. The van der Waals surface area contributed by atoms with E-state index in [4.69, 9.17) is 4.74 Å². The predicted molar refractivity (Wildman–Crippen MR) is 66.8 cm³/mol. The minimum absolute atomic E-state index is 0.114. The zero-order valence-electron chi connectivity index (χ0n) is 11.1. The Balaban J connectivity index is 2.30. The Kier molecular flexibility index (Phi) is 2.89. The van der Waals surface area contributed by atoms with Gasteiger partial charge in [-0.15, -0.1) is 0 Å². The molecule has 1 amide bonds. The van der Waals surface area contributed by atoms with Gasteiger partial charge in [0.15, 0.2) is 0 Å². The third-order valence-corrected chi connectivity index (χ3v) is 2.96. The predicted octanol–water partition coefficient (Wildman–Crippen LogP) is 2.36. The van der Waals surface area contributed by atoms with Gasteiger partial charge in [0.25, 0.3) is 5.91 Å². The van der Waals surface area contributed by atoms with E-state index in [9.17, 15) is 9.59 Å². The van der Waals surface area contributed by atoms with Crippen LogP contribution in [0.5, 0.6) is 0 Å². The van der Waals surface area contributed by atoms with Crippen molar-refractivity contribution in [2.75, 3.05) is 7.05 Å². The number of rotatable bonds is 1. The molecule has 0 saturated carbocycles. The molecule has 0 aliphatic carbocycles. The molecule has 0 saturated heterocycles. The Morgan fingerprint density at radius 3 is 2.50 bits per heavy atom.